The molecule has 0 unspecified atom stereocenters. The Hall–Kier alpha value is -0.610. The molecular formula is C11H16BrN3. The Bertz CT molecular complexity index is 385. The molecule has 0 aromatic carbocycles. The lowest BCUT2D eigenvalue weighted by molar-refractivity contribution is 0.647. The molecule has 1 N–H and O–H groups in total. The Morgan fingerprint density at radius 1 is 1.60 bits per heavy atom. The summed E-state index contributed by atoms with van der Waals surface area (Å²) < 4.78 is 3.17. The van der Waals surface area contributed by atoms with Crippen LogP contribution in [0, 0.1) is 6.92 Å². The van der Waals surface area contributed by atoms with Crippen LogP contribution in [-0.4, -0.2) is 22.9 Å². The zero-order chi connectivity index (χ0) is 10.8. The van der Waals surface area contributed by atoms with Gasteiger partial charge in [0.15, 0.2) is 0 Å². The minimum atomic E-state index is 0.916. The van der Waals surface area contributed by atoms with E-state index >= 15 is 0 Å². The first-order valence-corrected chi connectivity index (χ1v) is 6.14. The van der Waals surface area contributed by atoms with Crippen LogP contribution < -0.4 is 5.32 Å². The SMILES string of the molecule is CCn1nc(C)c(Br)c1C=C1CCNC1. The predicted octanol–water partition coefficient (Wildman–Crippen LogP) is 2.35. The summed E-state index contributed by atoms with van der Waals surface area (Å²) in [5, 5.41) is 7.82. The Labute approximate surface area is 98.7 Å². The molecule has 0 bridgehead atoms. The number of hydrogen-bond donors (Lipinski definition) is 1. The van der Waals surface area contributed by atoms with Crippen LogP contribution in [0.25, 0.3) is 6.08 Å². The van der Waals surface area contributed by atoms with Gasteiger partial charge in [-0.3, -0.25) is 4.68 Å². The Morgan fingerprint density at radius 2 is 2.40 bits per heavy atom. The van der Waals surface area contributed by atoms with E-state index < -0.39 is 0 Å². The largest absolute Gasteiger partial charge is 0.313 e. The highest BCUT2D eigenvalue weighted by Gasteiger charge is 2.12. The molecule has 1 aromatic heterocycles. The van der Waals surface area contributed by atoms with Gasteiger partial charge >= 0.3 is 0 Å². The van der Waals surface area contributed by atoms with Crippen molar-refractivity contribution >= 4 is 22.0 Å². The number of aryl methyl sites for hydroxylation is 2. The van der Waals surface area contributed by atoms with Crippen molar-refractivity contribution in [3.8, 4) is 0 Å². The number of rotatable bonds is 2. The van der Waals surface area contributed by atoms with E-state index in [4.69, 9.17) is 0 Å². The van der Waals surface area contributed by atoms with Crippen molar-refractivity contribution in [2.75, 3.05) is 13.1 Å². The summed E-state index contributed by atoms with van der Waals surface area (Å²) >= 11 is 3.60. The average Bonchev–Trinajstić information content (AvgIpc) is 2.82. The third-order valence-corrected chi connectivity index (χ3v) is 3.69. The fraction of sp³-hybridized carbons (Fsp3) is 0.545. The van der Waals surface area contributed by atoms with E-state index in [0.29, 0.717) is 0 Å². The van der Waals surface area contributed by atoms with E-state index in [1.807, 2.05) is 11.6 Å². The molecule has 15 heavy (non-hydrogen) atoms. The molecule has 0 atom stereocenters. The van der Waals surface area contributed by atoms with E-state index in [1.54, 1.807) is 0 Å². The average molecular weight is 270 g/mol. The zero-order valence-electron chi connectivity index (χ0n) is 9.18. The minimum Gasteiger partial charge on any atom is -0.313 e. The van der Waals surface area contributed by atoms with Gasteiger partial charge < -0.3 is 5.32 Å². The summed E-state index contributed by atoms with van der Waals surface area (Å²) in [5.74, 6) is 0. The van der Waals surface area contributed by atoms with Crippen LogP contribution in [0.5, 0.6) is 0 Å². The summed E-state index contributed by atoms with van der Waals surface area (Å²) in [7, 11) is 0. The van der Waals surface area contributed by atoms with Gasteiger partial charge in [0.2, 0.25) is 0 Å². The molecule has 2 heterocycles. The van der Waals surface area contributed by atoms with Crippen LogP contribution in [0.2, 0.25) is 0 Å². The number of hydrogen-bond acceptors (Lipinski definition) is 2. The Kier molecular flexibility index (Phi) is 3.26. The molecule has 4 heteroatoms. The minimum absolute atomic E-state index is 0.916. The maximum atomic E-state index is 4.48. The van der Waals surface area contributed by atoms with Crippen LogP contribution in [0.15, 0.2) is 10.0 Å². The molecule has 1 fully saturated rings. The van der Waals surface area contributed by atoms with Crippen molar-refractivity contribution < 1.29 is 0 Å². The van der Waals surface area contributed by atoms with Crippen molar-refractivity contribution in [1.82, 2.24) is 15.1 Å². The first kappa shape index (κ1) is 10.9. The highest BCUT2D eigenvalue weighted by molar-refractivity contribution is 9.10. The lowest BCUT2D eigenvalue weighted by Crippen LogP contribution is -2.05. The molecule has 0 radical (unpaired) electrons. The first-order chi connectivity index (χ1) is 7.22. The molecule has 1 aliphatic heterocycles. The van der Waals surface area contributed by atoms with E-state index in [2.05, 4.69) is 39.3 Å². The summed E-state index contributed by atoms with van der Waals surface area (Å²) in [6.07, 6.45) is 3.41. The fourth-order valence-electron chi connectivity index (χ4n) is 1.86. The summed E-state index contributed by atoms with van der Waals surface area (Å²) in [6, 6.07) is 0. The fourth-order valence-corrected chi connectivity index (χ4v) is 2.26. The summed E-state index contributed by atoms with van der Waals surface area (Å²) in [4.78, 5) is 0. The van der Waals surface area contributed by atoms with E-state index in [-0.39, 0.29) is 0 Å². The topological polar surface area (TPSA) is 29.9 Å². The van der Waals surface area contributed by atoms with Crippen molar-refractivity contribution in [3.63, 3.8) is 0 Å². The Balaban J connectivity index is 2.37. The monoisotopic (exact) mass is 269 g/mol. The van der Waals surface area contributed by atoms with Crippen molar-refractivity contribution in [3.05, 3.63) is 21.4 Å². The molecule has 0 amide bonds. The van der Waals surface area contributed by atoms with Gasteiger partial charge in [-0.25, -0.2) is 0 Å². The molecule has 1 saturated heterocycles. The lowest BCUT2D eigenvalue weighted by Gasteiger charge is -2.01. The third kappa shape index (κ3) is 2.16. The van der Waals surface area contributed by atoms with Gasteiger partial charge in [0, 0.05) is 13.1 Å². The number of nitrogens with one attached hydrogen (secondary N) is 1. The summed E-state index contributed by atoms with van der Waals surface area (Å²) in [5.41, 5.74) is 3.73. The normalized spacial score (nSPS) is 19.0. The molecule has 1 aromatic rings. The first-order valence-electron chi connectivity index (χ1n) is 5.35. The van der Waals surface area contributed by atoms with Crippen molar-refractivity contribution in [2.45, 2.75) is 26.8 Å². The maximum absolute atomic E-state index is 4.48. The second kappa shape index (κ2) is 4.49. The maximum Gasteiger partial charge on any atom is 0.0755 e. The molecule has 3 nitrogen and oxygen atoms in total. The molecule has 0 spiro atoms. The van der Waals surface area contributed by atoms with Crippen LogP contribution in [0.3, 0.4) is 0 Å². The van der Waals surface area contributed by atoms with Gasteiger partial charge in [0.05, 0.1) is 15.9 Å². The quantitative estimate of drug-likeness (QED) is 0.894. The second-order valence-corrected chi connectivity index (χ2v) is 4.62. The van der Waals surface area contributed by atoms with Gasteiger partial charge in [-0.1, -0.05) is 5.57 Å². The van der Waals surface area contributed by atoms with E-state index in [0.717, 1.165) is 36.2 Å². The highest BCUT2D eigenvalue weighted by atomic mass is 79.9. The lowest BCUT2D eigenvalue weighted by atomic mass is 10.2. The molecule has 2 rings (SSSR count). The number of nitrogens with zero attached hydrogens (tertiary/aromatic N) is 2. The third-order valence-electron chi connectivity index (χ3n) is 2.71. The second-order valence-electron chi connectivity index (χ2n) is 3.83. The zero-order valence-corrected chi connectivity index (χ0v) is 10.8. The van der Waals surface area contributed by atoms with E-state index in [9.17, 15) is 0 Å². The van der Waals surface area contributed by atoms with Gasteiger partial charge in [0.1, 0.15) is 0 Å². The number of halogens is 1. The van der Waals surface area contributed by atoms with Gasteiger partial charge in [-0.2, -0.15) is 5.10 Å². The molecular weight excluding hydrogens is 254 g/mol. The van der Waals surface area contributed by atoms with Crippen LogP contribution >= 0.6 is 15.9 Å². The Morgan fingerprint density at radius 3 is 3.00 bits per heavy atom. The van der Waals surface area contributed by atoms with Gasteiger partial charge in [-0.05, 0) is 48.8 Å². The summed E-state index contributed by atoms with van der Waals surface area (Å²) in [6.45, 7) is 7.18. The van der Waals surface area contributed by atoms with Crippen molar-refractivity contribution in [2.24, 2.45) is 0 Å². The molecule has 0 saturated carbocycles. The molecule has 0 aliphatic carbocycles. The molecule has 1 aliphatic rings. The highest BCUT2D eigenvalue weighted by Crippen LogP contribution is 2.24. The van der Waals surface area contributed by atoms with Gasteiger partial charge in [-0.15, -0.1) is 0 Å². The van der Waals surface area contributed by atoms with Crippen LogP contribution in [0.1, 0.15) is 24.7 Å². The van der Waals surface area contributed by atoms with Gasteiger partial charge in [0.25, 0.3) is 0 Å². The standard InChI is InChI=1S/C11H16BrN3/c1-3-15-10(11(12)8(2)14-15)6-9-4-5-13-7-9/h6,13H,3-5,7H2,1-2H3. The predicted molar refractivity (Wildman–Crippen MR) is 65.8 cm³/mol. The van der Waals surface area contributed by atoms with Crippen molar-refractivity contribution in [1.29, 1.82) is 0 Å². The van der Waals surface area contributed by atoms with E-state index in [1.165, 1.54) is 11.3 Å². The van der Waals surface area contributed by atoms with Crippen LogP contribution in [-0.2, 0) is 6.54 Å². The smallest absolute Gasteiger partial charge is 0.0755 e. The van der Waals surface area contributed by atoms with Crippen LogP contribution in [0.4, 0.5) is 0 Å². The number of aromatic nitrogens is 2. The molecule has 82 valence electrons.